The summed E-state index contributed by atoms with van der Waals surface area (Å²) in [5.74, 6) is -0.590. The summed E-state index contributed by atoms with van der Waals surface area (Å²) in [6.07, 6.45) is 0. The van der Waals surface area contributed by atoms with Crippen LogP contribution in [-0.4, -0.2) is 35.8 Å². The number of thiazole rings is 1. The minimum atomic E-state index is -0.369. The molecule has 1 heterocycles. The molecule has 0 saturated heterocycles. The molecule has 0 unspecified atom stereocenters. The van der Waals surface area contributed by atoms with E-state index in [2.05, 4.69) is 10.3 Å². The van der Waals surface area contributed by atoms with E-state index in [1.807, 2.05) is 0 Å². The number of benzene rings is 1. The predicted molar refractivity (Wildman–Crippen MR) is 84.5 cm³/mol. The second-order valence-corrected chi connectivity index (χ2v) is 5.99. The molecule has 2 amide bonds. The number of carbonyl (C=O) groups is 2. The average Bonchev–Trinajstić information content (AvgIpc) is 2.89. The van der Waals surface area contributed by atoms with Gasteiger partial charge in [0.2, 0.25) is 0 Å². The van der Waals surface area contributed by atoms with Gasteiger partial charge in [-0.1, -0.05) is 23.2 Å². The summed E-state index contributed by atoms with van der Waals surface area (Å²) in [6.45, 7) is 0. The fraction of sp³-hybridized carbons (Fsp3) is 0.154. The maximum atomic E-state index is 12.0. The number of rotatable bonds is 3. The minimum Gasteiger partial charge on any atom is -0.343 e. The van der Waals surface area contributed by atoms with E-state index in [9.17, 15) is 9.59 Å². The van der Waals surface area contributed by atoms with E-state index in [0.717, 1.165) is 0 Å². The summed E-state index contributed by atoms with van der Waals surface area (Å²) in [7, 11) is 3.27. The van der Waals surface area contributed by atoms with Gasteiger partial charge in [-0.15, -0.1) is 11.3 Å². The Labute approximate surface area is 135 Å². The Kier molecular flexibility index (Phi) is 4.82. The number of hydrogen-bond donors (Lipinski definition) is 1. The van der Waals surface area contributed by atoms with Crippen molar-refractivity contribution in [2.24, 2.45) is 0 Å². The Morgan fingerprint density at radius 2 is 1.95 bits per heavy atom. The van der Waals surface area contributed by atoms with Gasteiger partial charge in [0.25, 0.3) is 11.8 Å². The van der Waals surface area contributed by atoms with E-state index in [1.165, 1.54) is 22.3 Å². The Morgan fingerprint density at radius 3 is 2.57 bits per heavy atom. The second-order valence-electron chi connectivity index (χ2n) is 4.32. The number of hydrogen-bond acceptors (Lipinski definition) is 4. The van der Waals surface area contributed by atoms with Crippen molar-refractivity contribution in [3.63, 3.8) is 0 Å². The molecule has 1 aromatic carbocycles. The van der Waals surface area contributed by atoms with Crippen LogP contribution in [0.25, 0.3) is 0 Å². The van der Waals surface area contributed by atoms with Crippen LogP contribution in [0.1, 0.15) is 20.8 Å². The first-order valence-corrected chi connectivity index (χ1v) is 7.45. The number of carbonyl (C=O) groups excluding carboxylic acids is 2. The highest BCUT2D eigenvalue weighted by atomic mass is 35.5. The van der Waals surface area contributed by atoms with Gasteiger partial charge in [0.05, 0.1) is 10.0 Å². The summed E-state index contributed by atoms with van der Waals surface area (Å²) in [5, 5.41) is 5.22. The molecule has 0 aliphatic carbocycles. The average molecular weight is 344 g/mol. The number of nitrogens with one attached hydrogen (secondary N) is 1. The lowest BCUT2D eigenvalue weighted by atomic mass is 10.2. The Hall–Kier alpha value is -1.63. The maximum Gasteiger partial charge on any atom is 0.272 e. The Morgan fingerprint density at radius 1 is 1.24 bits per heavy atom. The first-order chi connectivity index (χ1) is 9.88. The second kappa shape index (κ2) is 6.43. The summed E-state index contributed by atoms with van der Waals surface area (Å²) in [4.78, 5) is 29.3. The number of aromatic nitrogens is 1. The summed E-state index contributed by atoms with van der Waals surface area (Å²) < 4.78 is 0. The van der Waals surface area contributed by atoms with Gasteiger partial charge in [-0.2, -0.15) is 0 Å². The minimum absolute atomic E-state index is 0.221. The number of nitrogens with zero attached hydrogens (tertiary/aromatic N) is 2. The van der Waals surface area contributed by atoms with E-state index in [4.69, 9.17) is 23.2 Å². The van der Waals surface area contributed by atoms with Crippen LogP contribution in [0.2, 0.25) is 10.0 Å². The van der Waals surface area contributed by atoms with Crippen LogP contribution in [0.15, 0.2) is 23.6 Å². The van der Waals surface area contributed by atoms with Gasteiger partial charge in [-0.3, -0.25) is 14.9 Å². The van der Waals surface area contributed by atoms with Crippen LogP contribution in [0.3, 0.4) is 0 Å². The largest absolute Gasteiger partial charge is 0.343 e. The maximum absolute atomic E-state index is 12.0. The van der Waals surface area contributed by atoms with Crippen molar-refractivity contribution in [2.45, 2.75) is 0 Å². The summed E-state index contributed by atoms with van der Waals surface area (Å²) in [6, 6.07) is 4.57. The molecule has 0 fully saturated rings. The quantitative estimate of drug-likeness (QED) is 0.928. The van der Waals surface area contributed by atoms with Crippen molar-refractivity contribution in [1.29, 1.82) is 0 Å². The molecule has 8 heteroatoms. The molecule has 0 bridgehead atoms. The van der Waals surface area contributed by atoms with Crippen molar-refractivity contribution in [3.8, 4) is 0 Å². The third kappa shape index (κ3) is 3.72. The first kappa shape index (κ1) is 15.8. The van der Waals surface area contributed by atoms with Crippen molar-refractivity contribution in [2.75, 3.05) is 19.4 Å². The van der Waals surface area contributed by atoms with E-state index in [1.54, 1.807) is 31.6 Å². The molecule has 110 valence electrons. The molecule has 2 rings (SSSR count). The first-order valence-electron chi connectivity index (χ1n) is 5.82. The van der Waals surface area contributed by atoms with Gasteiger partial charge in [0, 0.05) is 25.0 Å². The van der Waals surface area contributed by atoms with E-state index in [0.29, 0.717) is 20.7 Å². The molecule has 0 radical (unpaired) electrons. The molecule has 0 spiro atoms. The Bertz CT molecular complexity index is 700. The molecule has 0 aliphatic rings. The van der Waals surface area contributed by atoms with Crippen LogP contribution in [-0.2, 0) is 0 Å². The molecular formula is C13H11Cl2N3O2S. The van der Waals surface area contributed by atoms with Crippen molar-refractivity contribution < 1.29 is 9.59 Å². The van der Waals surface area contributed by atoms with Gasteiger partial charge < -0.3 is 4.90 Å². The molecule has 5 nitrogen and oxygen atoms in total. The fourth-order valence-corrected chi connectivity index (χ4v) is 2.44. The van der Waals surface area contributed by atoms with Crippen LogP contribution >= 0.6 is 34.5 Å². The summed E-state index contributed by atoms with van der Waals surface area (Å²) >= 11 is 12.8. The van der Waals surface area contributed by atoms with Gasteiger partial charge in [0.1, 0.15) is 5.69 Å². The molecule has 0 aliphatic heterocycles. The van der Waals surface area contributed by atoms with Crippen LogP contribution in [0, 0.1) is 0 Å². The van der Waals surface area contributed by atoms with E-state index in [-0.39, 0.29) is 17.5 Å². The lowest BCUT2D eigenvalue weighted by Crippen LogP contribution is -2.22. The van der Waals surface area contributed by atoms with Crippen LogP contribution < -0.4 is 5.32 Å². The molecular weight excluding hydrogens is 333 g/mol. The monoisotopic (exact) mass is 343 g/mol. The Balaban J connectivity index is 2.13. The highest BCUT2D eigenvalue weighted by Gasteiger charge is 2.15. The van der Waals surface area contributed by atoms with Crippen molar-refractivity contribution in [3.05, 3.63) is 44.9 Å². The standard InChI is InChI=1S/C13H11Cl2N3O2S/c1-18(2)12(20)10-6-21-13(16-10)17-11(19)7-3-4-8(14)9(15)5-7/h3-6H,1-2H3,(H,16,17,19). The SMILES string of the molecule is CN(C)C(=O)c1csc(NC(=O)c2ccc(Cl)c(Cl)c2)n1. The normalized spacial score (nSPS) is 10.3. The lowest BCUT2D eigenvalue weighted by Gasteiger charge is -2.06. The van der Waals surface area contributed by atoms with Gasteiger partial charge >= 0.3 is 0 Å². The van der Waals surface area contributed by atoms with Crippen LogP contribution in [0.4, 0.5) is 5.13 Å². The van der Waals surface area contributed by atoms with Gasteiger partial charge in [0.15, 0.2) is 5.13 Å². The topological polar surface area (TPSA) is 62.3 Å². The lowest BCUT2D eigenvalue weighted by molar-refractivity contribution is 0.0822. The zero-order valence-electron chi connectivity index (χ0n) is 11.2. The number of amides is 2. The number of halogens is 2. The van der Waals surface area contributed by atoms with Crippen molar-refractivity contribution >= 4 is 51.5 Å². The highest BCUT2D eigenvalue weighted by Crippen LogP contribution is 2.23. The fourth-order valence-electron chi connectivity index (χ4n) is 1.47. The molecule has 2 aromatic rings. The number of anilines is 1. The predicted octanol–water partition coefficient (Wildman–Crippen LogP) is 3.40. The van der Waals surface area contributed by atoms with E-state index >= 15 is 0 Å². The molecule has 21 heavy (non-hydrogen) atoms. The molecule has 1 aromatic heterocycles. The smallest absolute Gasteiger partial charge is 0.272 e. The van der Waals surface area contributed by atoms with Gasteiger partial charge in [-0.25, -0.2) is 4.98 Å². The molecule has 1 N–H and O–H groups in total. The summed E-state index contributed by atoms with van der Waals surface area (Å²) in [5.41, 5.74) is 0.648. The molecule has 0 atom stereocenters. The highest BCUT2D eigenvalue weighted by molar-refractivity contribution is 7.14. The zero-order chi connectivity index (χ0) is 15.6. The van der Waals surface area contributed by atoms with Gasteiger partial charge in [-0.05, 0) is 18.2 Å². The zero-order valence-corrected chi connectivity index (χ0v) is 13.5. The van der Waals surface area contributed by atoms with Crippen molar-refractivity contribution in [1.82, 2.24) is 9.88 Å². The third-order valence-electron chi connectivity index (χ3n) is 2.53. The van der Waals surface area contributed by atoms with E-state index < -0.39 is 0 Å². The third-order valence-corrected chi connectivity index (χ3v) is 4.03. The van der Waals surface area contributed by atoms with Crippen LogP contribution in [0.5, 0.6) is 0 Å². The molecule has 0 saturated carbocycles.